The molecule has 0 atom stereocenters. The van der Waals surface area contributed by atoms with Crippen LogP contribution in [0.25, 0.3) is 0 Å². The molecule has 0 aliphatic heterocycles. The van der Waals surface area contributed by atoms with Crippen molar-refractivity contribution in [3.8, 4) is 5.75 Å². The molecule has 0 spiro atoms. The van der Waals surface area contributed by atoms with E-state index in [0.29, 0.717) is 11.3 Å². The number of nitrogens with one attached hydrogen (secondary N) is 1. The normalized spacial score (nSPS) is 10.4. The number of hydrogen-bond acceptors (Lipinski definition) is 6. The summed E-state index contributed by atoms with van der Waals surface area (Å²) in [5.41, 5.74) is 3.21. The smallest absolute Gasteiger partial charge is 0.343 e. The maximum atomic E-state index is 12.3. The predicted molar refractivity (Wildman–Crippen MR) is 104 cm³/mol. The molecule has 0 saturated carbocycles. The van der Waals surface area contributed by atoms with E-state index < -0.39 is 0 Å². The molecule has 3 aromatic rings. The van der Waals surface area contributed by atoms with Crippen molar-refractivity contribution in [1.29, 1.82) is 0 Å². The van der Waals surface area contributed by atoms with Gasteiger partial charge in [-0.3, -0.25) is 0 Å². The molecule has 0 amide bonds. The first-order valence-electron chi connectivity index (χ1n) is 8.10. The molecule has 3 rings (SSSR count). The SMILES string of the molecule is CSc1nc(C)cc(Nc2ccc(OC(=O)c3ccccc3C)cc2)n1. The van der Waals surface area contributed by atoms with Crippen molar-refractivity contribution < 1.29 is 9.53 Å². The Balaban J connectivity index is 1.70. The Hall–Kier alpha value is -2.86. The molecule has 0 aliphatic rings. The number of aromatic nitrogens is 2. The maximum absolute atomic E-state index is 12.3. The van der Waals surface area contributed by atoms with Crippen molar-refractivity contribution in [2.45, 2.75) is 19.0 Å². The number of nitrogens with zero attached hydrogens (tertiary/aromatic N) is 2. The van der Waals surface area contributed by atoms with Crippen LogP contribution >= 0.6 is 11.8 Å². The van der Waals surface area contributed by atoms with Gasteiger partial charge in [-0.05, 0) is 56.0 Å². The van der Waals surface area contributed by atoms with Crippen LogP contribution in [0.15, 0.2) is 59.8 Å². The number of aryl methyl sites for hydroxylation is 2. The van der Waals surface area contributed by atoms with E-state index >= 15 is 0 Å². The standard InChI is InChI=1S/C20H19N3O2S/c1-13-6-4-5-7-17(13)19(24)25-16-10-8-15(9-11-16)22-18-12-14(2)21-20(23-18)26-3/h4-12H,1-3H3,(H,21,22,23). The Labute approximate surface area is 156 Å². The molecule has 0 fully saturated rings. The van der Waals surface area contributed by atoms with Gasteiger partial charge >= 0.3 is 5.97 Å². The summed E-state index contributed by atoms with van der Waals surface area (Å²) in [7, 11) is 0. The van der Waals surface area contributed by atoms with Crippen molar-refractivity contribution >= 4 is 29.2 Å². The minimum absolute atomic E-state index is 0.361. The first kappa shape index (κ1) is 17.9. The fraction of sp³-hybridized carbons (Fsp3) is 0.150. The Morgan fingerprint density at radius 1 is 1.04 bits per heavy atom. The number of rotatable bonds is 5. The second-order valence-electron chi connectivity index (χ2n) is 5.74. The third kappa shape index (κ3) is 4.40. The second kappa shape index (κ2) is 8.01. The van der Waals surface area contributed by atoms with E-state index in [9.17, 15) is 4.79 Å². The van der Waals surface area contributed by atoms with Crippen LogP contribution in [-0.2, 0) is 0 Å². The van der Waals surface area contributed by atoms with Crippen LogP contribution in [0.5, 0.6) is 5.75 Å². The van der Waals surface area contributed by atoms with Gasteiger partial charge in [0.1, 0.15) is 11.6 Å². The molecule has 0 aliphatic carbocycles. The summed E-state index contributed by atoms with van der Waals surface area (Å²) in [5.74, 6) is 0.860. The zero-order chi connectivity index (χ0) is 18.5. The van der Waals surface area contributed by atoms with Crippen LogP contribution in [0.2, 0.25) is 0 Å². The molecule has 0 saturated heterocycles. The van der Waals surface area contributed by atoms with E-state index in [4.69, 9.17) is 4.74 Å². The number of hydrogen-bond donors (Lipinski definition) is 1. The summed E-state index contributed by atoms with van der Waals surface area (Å²) in [6.07, 6.45) is 1.94. The lowest BCUT2D eigenvalue weighted by atomic mass is 10.1. The van der Waals surface area contributed by atoms with Gasteiger partial charge in [0.25, 0.3) is 0 Å². The van der Waals surface area contributed by atoms with E-state index in [0.717, 1.165) is 27.9 Å². The number of ether oxygens (including phenoxy) is 1. The summed E-state index contributed by atoms with van der Waals surface area (Å²) >= 11 is 1.50. The number of carbonyl (C=O) groups excluding carboxylic acids is 1. The molecule has 6 heteroatoms. The highest BCUT2D eigenvalue weighted by molar-refractivity contribution is 7.98. The molecule has 1 aromatic heterocycles. The van der Waals surface area contributed by atoms with Crippen LogP contribution in [0.3, 0.4) is 0 Å². The first-order valence-corrected chi connectivity index (χ1v) is 9.32. The van der Waals surface area contributed by atoms with E-state index in [-0.39, 0.29) is 5.97 Å². The molecule has 26 heavy (non-hydrogen) atoms. The number of anilines is 2. The van der Waals surface area contributed by atoms with Crippen molar-refractivity contribution in [3.63, 3.8) is 0 Å². The highest BCUT2D eigenvalue weighted by Crippen LogP contribution is 2.22. The summed E-state index contributed by atoms with van der Waals surface area (Å²) in [4.78, 5) is 21.0. The fourth-order valence-electron chi connectivity index (χ4n) is 2.41. The molecule has 1 heterocycles. The van der Waals surface area contributed by atoms with Gasteiger partial charge in [0.2, 0.25) is 0 Å². The molecule has 0 bridgehead atoms. The quantitative estimate of drug-likeness (QED) is 0.304. The molecule has 132 valence electrons. The van der Waals surface area contributed by atoms with Crippen molar-refractivity contribution in [3.05, 3.63) is 71.4 Å². The highest BCUT2D eigenvalue weighted by atomic mass is 32.2. The van der Waals surface area contributed by atoms with Gasteiger partial charge in [-0.2, -0.15) is 0 Å². The van der Waals surface area contributed by atoms with Gasteiger partial charge in [-0.15, -0.1) is 0 Å². The first-order chi connectivity index (χ1) is 12.5. The third-order valence-corrected chi connectivity index (χ3v) is 4.27. The number of carbonyl (C=O) groups is 1. The lowest BCUT2D eigenvalue weighted by Crippen LogP contribution is -2.10. The van der Waals surface area contributed by atoms with E-state index in [1.807, 2.05) is 56.5 Å². The summed E-state index contributed by atoms with van der Waals surface area (Å²) in [6.45, 7) is 3.82. The Morgan fingerprint density at radius 2 is 1.77 bits per heavy atom. The molecule has 1 N–H and O–H groups in total. The van der Waals surface area contributed by atoms with Gasteiger partial charge in [0.15, 0.2) is 5.16 Å². The Bertz CT molecular complexity index is 927. The molecule has 0 unspecified atom stereocenters. The number of thioether (sulfide) groups is 1. The highest BCUT2D eigenvalue weighted by Gasteiger charge is 2.11. The van der Waals surface area contributed by atoms with Crippen LogP contribution in [-0.4, -0.2) is 22.2 Å². The van der Waals surface area contributed by atoms with Gasteiger partial charge in [-0.1, -0.05) is 30.0 Å². The van der Waals surface area contributed by atoms with Crippen LogP contribution < -0.4 is 10.1 Å². The summed E-state index contributed by atoms with van der Waals surface area (Å²) in [6, 6.07) is 16.4. The number of esters is 1. The third-order valence-electron chi connectivity index (χ3n) is 3.72. The minimum Gasteiger partial charge on any atom is -0.423 e. The van der Waals surface area contributed by atoms with Crippen molar-refractivity contribution in [2.24, 2.45) is 0 Å². The Morgan fingerprint density at radius 3 is 2.46 bits per heavy atom. The zero-order valence-corrected chi connectivity index (χ0v) is 15.6. The van der Waals surface area contributed by atoms with E-state index in [1.165, 1.54) is 11.8 Å². The van der Waals surface area contributed by atoms with Gasteiger partial charge in [-0.25, -0.2) is 14.8 Å². The van der Waals surface area contributed by atoms with Crippen LogP contribution in [0, 0.1) is 13.8 Å². The summed E-state index contributed by atoms with van der Waals surface area (Å²) < 4.78 is 5.45. The van der Waals surface area contributed by atoms with Gasteiger partial charge < -0.3 is 10.1 Å². The predicted octanol–water partition coefficient (Wildman–Crippen LogP) is 4.78. The molecule has 2 aromatic carbocycles. The van der Waals surface area contributed by atoms with Crippen molar-refractivity contribution in [2.75, 3.05) is 11.6 Å². The molecular weight excluding hydrogens is 346 g/mol. The summed E-state index contributed by atoms with van der Waals surface area (Å²) in [5, 5.41) is 3.95. The zero-order valence-electron chi connectivity index (χ0n) is 14.8. The monoisotopic (exact) mass is 365 g/mol. The van der Waals surface area contributed by atoms with Crippen LogP contribution in [0.1, 0.15) is 21.6 Å². The van der Waals surface area contributed by atoms with E-state index in [1.54, 1.807) is 18.2 Å². The average molecular weight is 365 g/mol. The lowest BCUT2D eigenvalue weighted by molar-refractivity contribution is 0.0734. The largest absolute Gasteiger partial charge is 0.423 e. The molecule has 0 radical (unpaired) electrons. The van der Waals surface area contributed by atoms with Crippen molar-refractivity contribution in [1.82, 2.24) is 9.97 Å². The Kier molecular flexibility index (Phi) is 5.53. The number of benzene rings is 2. The minimum atomic E-state index is -0.361. The lowest BCUT2D eigenvalue weighted by Gasteiger charge is -2.09. The maximum Gasteiger partial charge on any atom is 0.343 e. The average Bonchev–Trinajstić information content (AvgIpc) is 2.63. The molecule has 5 nitrogen and oxygen atoms in total. The van der Waals surface area contributed by atoms with Gasteiger partial charge in [0, 0.05) is 17.4 Å². The second-order valence-corrected chi connectivity index (χ2v) is 6.51. The fourth-order valence-corrected chi connectivity index (χ4v) is 2.84. The van der Waals surface area contributed by atoms with E-state index in [2.05, 4.69) is 15.3 Å². The topological polar surface area (TPSA) is 64.1 Å². The molecular formula is C20H19N3O2S. The van der Waals surface area contributed by atoms with Crippen LogP contribution in [0.4, 0.5) is 11.5 Å². The van der Waals surface area contributed by atoms with Gasteiger partial charge in [0.05, 0.1) is 5.56 Å².